The third-order valence-electron chi connectivity index (χ3n) is 6.42. The highest BCUT2D eigenvalue weighted by Gasteiger charge is 2.20. The Bertz CT molecular complexity index is 1490. The van der Waals surface area contributed by atoms with Gasteiger partial charge in [0.15, 0.2) is 5.65 Å². The Balaban J connectivity index is 1.53. The number of carbonyl (C=O) groups excluding carboxylic acids is 1. The molecule has 0 aliphatic carbocycles. The van der Waals surface area contributed by atoms with Gasteiger partial charge in [0.25, 0.3) is 5.91 Å². The van der Waals surface area contributed by atoms with Gasteiger partial charge in [-0.1, -0.05) is 61.5 Å². The highest BCUT2D eigenvalue weighted by molar-refractivity contribution is 6.11. The highest BCUT2D eigenvalue weighted by Crippen LogP contribution is 2.32. The number of hydrogen-bond acceptors (Lipinski definition) is 4. The third-order valence-corrected chi connectivity index (χ3v) is 6.42. The molecule has 3 aromatic carbocycles. The minimum Gasteiger partial charge on any atom is -0.494 e. The van der Waals surface area contributed by atoms with Gasteiger partial charge in [-0.05, 0) is 61.2 Å². The molecule has 5 rings (SSSR count). The first-order chi connectivity index (χ1) is 18.2. The van der Waals surface area contributed by atoms with Crippen molar-refractivity contribution in [1.82, 2.24) is 20.5 Å². The largest absolute Gasteiger partial charge is 0.494 e. The maximum Gasteiger partial charge on any atom is 0.252 e. The molecule has 0 saturated heterocycles. The zero-order valence-electron chi connectivity index (χ0n) is 21.1. The molecule has 0 saturated carbocycles. The van der Waals surface area contributed by atoms with Gasteiger partial charge < -0.3 is 10.1 Å². The molecule has 1 amide bonds. The number of benzene rings is 3. The molecule has 2 N–H and O–H groups in total. The van der Waals surface area contributed by atoms with Crippen LogP contribution in [0.2, 0.25) is 0 Å². The lowest BCUT2D eigenvalue weighted by molar-refractivity contribution is 0.0955. The number of rotatable bonds is 9. The summed E-state index contributed by atoms with van der Waals surface area (Å²) in [5.41, 5.74) is 6.81. The standard InChI is InChI=1S/C31H30N4O2/c1-3-21-10-12-24(13-11-21)29-28-26(31(36)32-19-18-22-8-6-5-7-9-22)20-27(33-30(28)35-34-29)23-14-16-25(17-15-23)37-4-2/h5-17,20H,3-4,18-19H2,1-2H3,(H,32,36)(H,33,34,35). The maximum atomic E-state index is 13.6. The molecule has 0 aliphatic heterocycles. The van der Waals surface area contributed by atoms with Crippen molar-refractivity contribution in [2.45, 2.75) is 26.7 Å². The van der Waals surface area contributed by atoms with E-state index in [-0.39, 0.29) is 5.91 Å². The second-order valence-corrected chi connectivity index (χ2v) is 8.85. The van der Waals surface area contributed by atoms with Crippen LogP contribution < -0.4 is 10.1 Å². The van der Waals surface area contributed by atoms with E-state index in [9.17, 15) is 4.79 Å². The van der Waals surface area contributed by atoms with Gasteiger partial charge in [-0.25, -0.2) is 4.98 Å². The van der Waals surface area contributed by atoms with Crippen LogP contribution >= 0.6 is 0 Å². The fraction of sp³-hybridized carbons (Fsp3) is 0.194. The molecule has 37 heavy (non-hydrogen) atoms. The molecule has 0 spiro atoms. The van der Waals surface area contributed by atoms with Crippen LogP contribution in [0.5, 0.6) is 5.75 Å². The van der Waals surface area contributed by atoms with Crippen molar-refractivity contribution in [1.29, 1.82) is 0 Å². The second kappa shape index (κ2) is 11.1. The Morgan fingerprint density at radius 3 is 2.32 bits per heavy atom. The van der Waals surface area contributed by atoms with Gasteiger partial charge in [-0.3, -0.25) is 9.89 Å². The lowest BCUT2D eigenvalue weighted by Crippen LogP contribution is -2.26. The van der Waals surface area contributed by atoms with Gasteiger partial charge >= 0.3 is 0 Å². The van der Waals surface area contributed by atoms with Crippen molar-refractivity contribution < 1.29 is 9.53 Å². The van der Waals surface area contributed by atoms with E-state index >= 15 is 0 Å². The number of hydrogen-bond donors (Lipinski definition) is 2. The van der Waals surface area contributed by atoms with Crippen molar-refractivity contribution in [2.75, 3.05) is 13.2 Å². The van der Waals surface area contributed by atoms with Crippen LogP contribution in [-0.2, 0) is 12.8 Å². The van der Waals surface area contributed by atoms with E-state index in [2.05, 4.69) is 58.8 Å². The van der Waals surface area contributed by atoms with Gasteiger partial charge in [0.05, 0.1) is 28.9 Å². The number of amides is 1. The van der Waals surface area contributed by atoms with Gasteiger partial charge in [0.1, 0.15) is 5.75 Å². The van der Waals surface area contributed by atoms with E-state index in [1.54, 1.807) is 0 Å². The third kappa shape index (κ3) is 5.38. The molecular formula is C31H30N4O2. The lowest BCUT2D eigenvalue weighted by Gasteiger charge is -2.11. The van der Waals surface area contributed by atoms with E-state index in [0.29, 0.717) is 30.1 Å². The number of carbonyl (C=O) groups is 1. The average molecular weight is 491 g/mol. The number of aromatic nitrogens is 3. The topological polar surface area (TPSA) is 79.9 Å². The minimum absolute atomic E-state index is 0.150. The number of aromatic amines is 1. The van der Waals surface area contributed by atoms with Crippen LogP contribution in [0.15, 0.2) is 84.9 Å². The minimum atomic E-state index is -0.150. The number of aryl methyl sites for hydroxylation is 1. The second-order valence-electron chi connectivity index (χ2n) is 8.85. The van der Waals surface area contributed by atoms with Crippen LogP contribution in [0.25, 0.3) is 33.5 Å². The zero-order chi connectivity index (χ0) is 25.6. The van der Waals surface area contributed by atoms with E-state index in [4.69, 9.17) is 9.72 Å². The summed E-state index contributed by atoms with van der Waals surface area (Å²) < 4.78 is 5.58. The zero-order valence-corrected chi connectivity index (χ0v) is 21.1. The van der Waals surface area contributed by atoms with Gasteiger partial charge in [0.2, 0.25) is 0 Å². The molecule has 0 atom stereocenters. The highest BCUT2D eigenvalue weighted by atomic mass is 16.5. The molecule has 5 aromatic rings. The Hall–Kier alpha value is -4.45. The molecule has 0 bridgehead atoms. The van der Waals surface area contributed by atoms with Crippen molar-refractivity contribution in [2.24, 2.45) is 0 Å². The van der Waals surface area contributed by atoms with E-state index in [1.165, 1.54) is 11.1 Å². The molecule has 0 fully saturated rings. The molecule has 6 heteroatoms. The van der Waals surface area contributed by atoms with Crippen LogP contribution in [-0.4, -0.2) is 34.2 Å². The predicted octanol–water partition coefficient (Wildman–Crippen LogP) is 6.23. The Morgan fingerprint density at radius 1 is 0.892 bits per heavy atom. The molecule has 0 radical (unpaired) electrons. The smallest absolute Gasteiger partial charge is 0.252 e. The summed E-state index contributed by atoms with van der Waals surface area (Å²) in [6, 6.07) is 28.0. The van der Waals surface area contributed by atoms with Gasteiger partial charge in [0, 0.05) is 17.7 Å². The summed E-state index contributed by atoms with van der Waals surface area (Å²) in [6.45, 7) is 5.22. The lowest BCUT2D eigenvalue weighted by atomic mass is 10.0. The number of pyridine rings is 1. The molecular weight excluding hydrogens is 460 g/mol. The Kier molecular flexibility index (Phi) is 7.26. The van der Waals surface area contributed by atoms with Crippen molar-refractivity contribution in [3.63, 3.8) is 0 Å². The summed E-state index contributed by atoms with van der Waals surface area (Å²) in [4.78, 5) is 18.4. The molecule has 186 valence electrons. The molecule has 2 heterocycles. The predicted molar refractivity (Wildman–Crippen MR) is 148 cm³/mol. The van der Waals surface area contributed by atoms with E-state index < -0.39 is 0 Å². The van der Waals surface area contributed by atoms with Gasteiger partial charge in [-0.15, -0.1) is 0 Å². The maximum absolute atomic E-state index is 13.6. The monoisotopic (exact) mass is 490 g/mol. The average Bonchev–Trinajstić information content (AvgIpc) is 3.38. The molecule has 0 aliphatic rings. The van der Waals surface area contributed by atoms with E-state index in [1.807, 2.05) is 55.5 Å². The first kappa shape index (κ1) is 24.3. The summed E-state index contributed by atoms with van der Waals surface area (Å²) in [7, 11) is 0. The first-order valence-electron chi connectivity index (χ1n) is 12.7. The summed E-state index contributed by atoms with van der Waals surface area (Å²) >= 11 is 0. The van der Waals surface area contributed by atoms with Crippen LogP contribution in [0.4, 0.5) is 0 Å². The van der Waals surface area contributed by atoms with Crippen molar-refractivity contribution >= 4 is 16.9 Å². The van der Waals surface area contributed by atoms with Crippen LogP contribution in [0.3, 0.4) is 0 Å². The fourth-order valence-corrected chi connectivity index (χ4v) is 4.42. The summed E-state index contributed by atoms with van der Waals surface area (Å²) in [6.07, 6.45) is 1.72. The number of H-pyrrole nitrogens is 1. The Labute approximate surface area is 216 Å². The number of ether oxygens (including phenoxy) is 1. The van der Waals surface area contributed by atoms with E-state index in [0.717, 1.165) is 40.8 Å². The summed E-state index contributed by atoms with van der Waals surface area (Å²) in [5, 5.41) is 11.5. The number of nitrogens with zero attached hydrogens (tertiary/aromatic N) is 2. The Morgan fingerprint density at radius 2 is 1.62 bits per heavy atom. The van der Waals surface area contributed by atoms with Crippen LogP contribution in [0, 0.1) is 0 Å². The quantitative estimate of drug-likeness (QED) is 0.257. The number of nitrogens with one attached hydrogen (secondary N) is 2. The molecule has 2 aromatic heterocycles. The first-order valence-corrected chi connectivity index (χ1v) is 12.7. The molecule has 6 nitrogen and oxygen atoms in total. The molecule has 0 unspecified atom stereocenters. The number of fused-ring (bicyclic) bond motifs is 1. The summed E-state index contributed by atoms with van der Waals surface area (Å²) in [5.74, 6) is 0.645. The van der Waals surface area contributed by atoms with Crippen molar-refractivity contribution in [3.8, 4) is 28.3 Å². The fourth-order valence-electron chi connectivity index (χ4n) is 4.42. The van der Waals surface area contributed by atoms with Crippen molar-refractivity contribution in [3.05, 3.63) is 102 Å². The SMILES string of the molecule is CCOc1ccc(-c2cc(C(=O)NCCc3ccccc3)c3c(-c4ccc(CC)cc4)[nH]nc3n2)cc1. The normalized spacial score (nSPS) is 11.0. The van der Waals surface area contributed by atoms with Gasteiger partial charge in [-0.2, -0.15) is 5.10 Å². The van der Waals surface area contributed by atoms with Crippen LogP contribution in [0.1, 0.15) is 35.3 Å².